The molecule has 21 heavy (non-hydrogen) atoms. The third-order valence-electron chi connectivity index (χ3n) is 2.88. The predicted octanol–water partition coefficient (Wildman–Crippen LogP) is 1.88. The fraction of sp³-hybridized carbons (Fsp3) is 0.571. The van der Waals surface area contributed by atoms with Gasteiger partial charge in [0.1, 0.15) is 6.61 Å². The minimum absolute atomic E-state index is 0. The van der Waals surface area contributed by atoms with Crippen LogP contribution in [0.2, 0.25) is 0 Å². The molecule has 0 fully saturated rings. The first-order chi connectivity index (χ1) is 9.72. The van der Waals surface area contributed by atoms with Crippen LogP contribution in [0.15, 0.2) is 23.3 Å². The van der Waals surface area contributed by atoms with E-state index in [-0.39, 0.29) is 24.0 Å². The van der Waals surface area contributed by atoms with Gasteiger partial charge in [-0.25, -0.2) is 9.98 Å². The Hall–Kier alpha value is -1.09. The van der Waals surface area contributed by atoms with Crippen LogP contribution in [0.1, 0.15) is 19.4 Å². The zero-order valence-corrected chi connectivity index (χ0v) is 15.2. The highest BCUT2D eigenvalue weighted by molar-refractivity contribution is 14.0. The molecular weight excluding hydrogens is 383 g/mol. The molecule has 1 aromatic rings. The van der Waals surface area contributed by atoms with E-state index in [1.165, 1.54) is 0 Å². The quantitative estimate of drug-likeness (QED) is 0.308. The average Bonchev–Trinajstić information content (AvgIpc) is 2.48. The van der Waals surface area contributed by atoms with E-state index in [9.17, 15) is 0 Å². The van der Waals surface area contributed by atoms with Gasteiger partial charge in [-0.2, -0.15) is 0 Å². The number of nitrogens with two attached hydrogens (primary N) is 1. The molecule has 7 heteroatoms. The van der Waals surface area contributed by atoms with Crippen LogP contribution in [-0.2, 0) is 11.3 Å². The lowest BCUT2D eigenvalue weighted by Gasteiger charge is -2.19. The number of ether oxygens (including phenoxy) is 2. The third-order valence-corrected chi connectivity index (χ3v) is 2.88. The Morgan fingerprint density at radius 2 is 2.05 bits per heavy atom. The van der Waals surface area contributed by atoms with Gasteiger partial charge < -0.3 is 20.1 Å². The Bertz CT molecular complexity index is 425. The number of guanidine groups is 1. The highest BCUT2D eigenvalue weighted by Crippen LogP contribution is 2.15. The number of methoxy groups -OCH3 is 1. The molecule has 0 saturated carbocycles. The molecule has 120 valence electrons. The molecule has 0 aliphatic carbocycles. The Labute approximate surface area is 143 Å². The highest BCUT2D eigenvalue weighted by Gasteiger charge is 2.06. The first-order valence-corrected chi connectivity index (χ1v) is 6.83. The molecule has 1 heterocycles. The summed E-state index contributed by atoms with van der Waals surface area (Å²) in [7, 11) is 1.64. The predicted molar refractivity (Wildman–Crippen MR) is 95.3 cm³/mol. The van der Waals surface area contributed by atoms with Crippen molar-refractivity contribution in [1.82, 2.24) is 9.88 Å². The lowest BCUT2D eigenvalue weighted by molar-refractivity contribution is 0.143. The van der Waals surface area contributed by atoms with Gasteiger partial charge in [-0.3, -0.25) is 0 Å². The molecule has 0 atom stereocenters. The summed E-state index contributed by atoms with van der Waals surface area (Å²) in [5.74, 6) is 1.13. The zero-order chi connectivity index (χ0) is 14.8. The molecule has 0 aromatic carbocycles. The first kappa shape index (κ1) is 19.9. The van der Waals surface area contributed by atoms with Crippen LogP contribution in [0.3, 0.4) is 0 Å². The summed E-state index contributed by atoms with van der Waals surface area (Å²) < 4.78 is 10.5. The summed E-state index contributed by atoms with van der Waals surface area (Å²) in [5.41, 5.74) is 6.87. The number of nitrogens with zero attached hydrogens (tertiary/aromatic N) is 3. The van der Waals surface area contributed by atoms with Gasteiger partial charge in [-0.1, -0.05) is 6.07 Å². The average molecular weight is 408 g/mol. The van der Waals surface area contributed by atoms with Crippen LogP contribution in [0.25, 0.3) is 0 Å². The Kier molecular flexibility index (Phi) is 11.0. The lowest BCUT2D eigenvalue weighted by atomic mass is 10.3. The number of hydrogen-bond donors (Lipinski definition) is 1. The summed E-state index contributed by atoms with van der Waals surface area (Å²) >= 11 is 0. The molecule has 0 unspecified atom stereocenters. The topological polar surface area (TPSA) is 73.0 Å². The number of rotatable bonds is 8. The maximum absolute atomic E-state index is 5.95. The smallest absolute Gasteiger partial charge is 0.218 e. The van der Waals surface area contributed by atoms with Crippen molar-refractivity contribution in [3.05, 3.63) is 23.9 Å². The third kappa shape index (κ3) is 6.94. The van der Waals surface area contributed by atoms with Gasteiger partial charge in [0.15, 0.2) is 5.96 Å². The van der Waals surface area contributed by atoms with E-state index in [1.807, 2.05) is 17.0 Å². The van der Waals surface area contributed by atoms with Gasteiger partial charge in [0.05, 0.1) is 13.2 Å². The molecule has 2 N–H and O–H groups in total. The fourth-order valence-electron chi connectivity index (χ4n) is 1.71. The summed E-state index contributed by atoms with van der Waals surface area (Å²) in [5, 5.41) is 0. The van der Waals surface area contributed by atoms with E-state index in [2.05, 4.69) is 23.8 Å². The zero-order valence-electron chi connectivity index (χ0n) is 12.9. The van der Waals surface area contributed by atoms with Gasteiger partial charge in [-0.15, -0.1) is 24.0 Å². The number of halogens is 1. The monoisotopic (exact) mass is 408 g/mol. The van der Waals surface area contributed by atoms with E-state index in [0.29, 0.717) is 31.6 Å². The first-order valence-electron chi connectivity index (χ1n) is 6.83. The molecule has 0 aliphatic rings. The number of hydrogen-bond acceptors (Lipinski definition) is 4. The molecule has 0 aliphatic heterocycles. The van der Waals surface area contributed by atoms with Gasteiger partial charge in [0.25, 0.3) is 0 Å². The maximum atomic E-state index is 5.95. The molecule has 1 aromatic heterocycles. The molecule has 6 nitrogen and oxygen atoms in total. The second-order valence-electron chi connectivity index (χ2n) is 4.16. The summed E-state index contributed by atoms with van der Waals surface area (Å²) in [4.78, 5) is 10.6. The minimum atomic E-state index is 0. The van der Waals surface area contributed by atoms with Crippen LogP contribution < -0.4 is 10.5 Å². The van der Waals surface area contributed by atoms with Crippen LogP contribution in [0.5, 0.6) is 5.88 Å². The molecule has 0 spiro atoms. The Morgan fingerprint density at radius 3 is 2.67 bits per heavy atom. The van der Waals surface area contributed by atoms with Crippen molar-refractivity contribution in [2.24, 2.45) is 10.7 Å². The molecular formula is C14H25IN4O2. The molecule has 0 saturated heterocycles. The largest absolute Gasteiger partial charge is 0.475 e. The molecule has 0 amide bonds. The summed E-state index contributed by atoms with van der Waals surface area (Å²) in [6.45, 7) is 7.24. The SMILES string of the molecule is CCN(CC)C(N)=NCc1cccnc1OCCOC.I. The van der Waals surface area contributed by atoms with Gasteiger partial charge in [0, 0.05) is 32.0 Å². The Balaban J connectivity index is 0.00000400. The number of pyridine rings is 1. The number of aliphatic imine (C=N–C) groups is 1. The van der Waals surface area contributed by atoms with Crippen LogP contribution in [0, 0.1) is 0 Å². The minimum Gasteiger partial charge on any atom is -0.475 e. The highest BCUT2D eigenvalue weighted by atomic mass is 127. The van der Waals surface area contributed by atoms with Gasteiger partial charge in [0.2, 0.25) is 5.88 Å². The van der Waals surface area contributed by atoms with E-state index in [0.717, 1.165) is 18.7 Å². The van der Waals surface area contributed by atoms with Crippen molar-refractivity contribution in [1.29, 1.82) is 0 Å². The van der Waals surface area contributed by atoms with Gasteiger partial charge in [-0.05, 0) is 19.9 Å². The molecule has 0 radical (unpaired) electrons. The van der Waals surface area contributed by atoms with Crippen LogP contribution in [0.4, 0.5) is 0 Å². The number of aromatic nitrogens is 1. The van der Waals surface area contributed by atoms with E-state index < -0.39 is 0 Å². The standard InChI is InChI=1S/C14H24N4O2.HI/c1-4-18(5-2)14(15)17-11-12-7-6-8-16-13(12)20-10-9-19-3;/h6-8H,4-5,9-11H2,1-3H3,(H2,15,17);1H. The van der Waals surface area contributed by atoms with Crippen molar-refractivity contribution in [2.75, 3.05) is 33.4 Å². The van der Waals surface area contributed by atoms with E-state index >= 15 is 0 Å². The maximum Gasteiger partial charge on any atom is 0.218 e. The van der Waals surface area contributed by atoms with Crippen LogP contribution >= 0.6 is 24.0 Å². The second kappa shape index (κ2) is 11.6. The van der Waals surface area contributed by atoms with E-state index in [4.69, 9.17) is 15.2 Å². The van der Waals surface area contributed by atoms with Crippen molar-refractivity contribution < 1.29 is 9.47 Å². The lowest BCUT2D eigenvalue weighted by Crippen LogP contribution is -2.37. The summed E-state index contributed by atoms with van der Waals surface area (Å²) in [6.07, 6.45) is 1.70. The fourth-order valence-corrected chi connectivity index (χ4v) is 1.71. The van der Waals surface area contributed by atoms with E-state index in [1.54, 1.807) is 13.3 Å². The van der Waals surface area contributed by atoms with Crippen molar-refractivity contribution in [3.63, 3.8) is 0 Å². The van der Waals surface area contributed by atoms with Crippen molar-refractivity contribution >= 4 is 29.9 Å². The summed E-state index contributed by atoms with van der Waals surface area (Å²) in [6, 6.07) is 3.80. The second-order valence-corrected chi connectivity index (χ2v) is 4.16. The molecule has 0 bridgehead atoms. The van der Waals surface area contributed by atoms with Crippen LogP contribution in [-0.4, -0.2) is 49.3 Å². The molecule has 1 rings (SSSR count). The Morgan fingerprint density at radius 1 is 1.33 bits per heavy atom. The normalized spacial score (nSPS) is 10.9. The van der Waals surface area contributed by atoms with Crippen molar-refractivity contribution in [3.8, 4) is 5.88 Å². The van der Waals surface area contributed by atoms with Crippen molar-refractivity contribution in [2.45, 2.75) is 20.4 Å². The van der Waals surface area contributed by atoms with Gasteiger partial charge >= 0.3 is 0 Å².